The van der Waals surface area contributed by atoms with Crippen molar-refractivity contribution < 1.29 is 23.8 Å². The van der Waals surface area contributed by atoms with E-state index in [1.807, 2.05) is 0 Å². The predicted octanol–water partition coefficient (Wildman–Crippen LogP) is 0.685. The molecule has 0 saturated carbocycles. The van der Waals surface area contributed by atoms with Crippen LogP contribution in [0.4, 0.5) is 10.1 Å². The average Bonchev–Trinajstić information content (AvgIpc) is 3.26. The number of aliphatic hydroxyl groups is 1. The molecular formula is C17H17FN4O4. The van der Waals surface area contributed by atoms with Gasteiger partial charge in [-0.15, -0.1) is 0 Å². The van der Waals surface area contributed by atoms with E-state index in [2.05, 4.69) is 10.4 Å². The molecule has 0 saturated heterocycles. The fourth-order valence-corrected chi connectivity index (χ4v) is 2.68. The number of carbonyl (C=O) groups excluding carboxylic acids is 2. The van der Waals surface area contributed by atoms with Crippen LogP contribution in [0.15, 0.2) is 47.9 Å². The number of nitrogens with one attached hydrogen (secondary N) is 1. The van der Waals surface area contributed by atoms with Crippen molar-refractivity contribution in [2.45, 2.75) is 0 Å². The Morgan fingerprint density at radius 1 is 1.46 bits per heavy atom. The molecule has 0 fully saturated rings. The summed E-state index contributed by atoms with van der Waals surface area (Å²) in [7, 11) is 1.21. The number of benzene rings is 1. The first-order chi connectivity index (χ1) is 12.5. The molecule has 136 valence electrons. The lowest BCUT2D eigenvalue weighted by molar-refractivity contribution is -0.136. The Balaban J connectivity index is 1.89. The highest BCUT2D eigenvalue weighted by Gasteiger charge is 2.34. The van der Waals surface area contributed by atoms with Crippen molar-refractivity contribution in [1.82, 2.24) is 14.7 Å². The van der Waals surface area contributed by atoms with Crippen molar-refractivity contribution in [3.05, 3.63) is 53.7 Å². The highest BCUT2D eigenvalue weighted by atomic mass is 19.1. The minimum absolute atomic E-state index is 0.0107. The number of hydrogen-bond donors (Lipinski definition) is 2. The normalized spacial score (nSPS) is 14.1. The smallest absolute Gasteiger partial charge is 0.337 e. The van der Waals surface area contributed by atoms with Crippen LogP contribution >= 0.6 is 0 Å². The van der Waals surface area contributed by atoms with Crippen LogP contribution in [0.1, 0.15) is 0 Å². The molecule has 1 aromatic heterocycles. The number of aromatic nitrogens is 2. The zero-order valence-corrected chi connectivity index (χ0v) is 14.0. The molecule has 0 atom stereocenters. The van der Waals surface area contributed by atoms with Gasteiger partial charge in [0, 0.05) is 24.6 Å². The molecule has 0 spiro atoms. The molecule has 1 amide bonds. The first-order valence-electron chi connectivity index (χ1n) is 7.83. The molecule has 8 nitrogen and oxygen atoms in total. The fraction of sp³-hybridized carbons (Fsp3) is 0.235. The van der Waals surface area contributed by atoms with Gasteiger partial charge in [-0.1, -0.05) is 0 Å². The van der Waals surface area contributed by atoms with Gasteiger partial charge in [-0.3, -0.25) is 4.79 Å². The van der Waals surface area contributed by atoms with Gasteiger partial charge in [0.05, 0.1) is 25.8 Å². The van der Waals surface area contributed by atoms with Crippen LogP contribution in [0.3, 0.4) is 0 Å². The third-order valence-corrected chi connectivity index (χ3v) is 3.92. The third kappa shape index (κ3) is 3.29. The molecule has 26 heavy (non-hydrogen) atoms. The Labute approximate surface area is 148 Å². The maximum atomic E-state index is 14.4. The fourth-order valence-electron chi connectivity index (χ4n) is 2.68. The number of methoxy groups -OCH3 is 1. The monoisotopic (exact) mass is 360 g/mol. The van der Waals surface area contributed by atoms with Crippen molar-refractivity contribution in [3.8, 4) is 5.69 Å². The second-order valence-corrected chi connectivity index (χ2v) is 5.54. The number of β-amino-alcohol motifs (C(OH)–C–C–N with tert-alkyl or cyclic N) is 1. The number of ether oxygens (including phenoxy) is 1. The summed E-state index contributed by atoms with van der Waals surface area (Å²) in [5.74, 6) is -1.66. The number of rotatable bonds is 6. The number of carbonyl (C=O) groups is 2. The van der Waals surface area contributed by atoms with Gasteiger partial charge in [-0.25, -0.2) is 13.9 Å². The summed E-state index contributed by atoms with van der Waals surface area (Å²) < 4.78 is 20.4. The van der Waals surface area contributed by atoms with Crippen molar-refractivity contribution in [2.75, 3.05) is 32.1 Å². The molecule has 2 aromatic rings. The average molecular weight is 360 g/mol. The summed E-state index contributed by atoms with van der Waals surface area (Å²) in [6.07, 6.45) is 3.14. The van der Waals surface area contributed by atoms with Crippen LogP contribution in [-0.2, 0) is 14.3 Å². The van der Waals surface area contributed by atoms with E-state index in [1.165, 1.54) is 35.0 Å². The van der Waals surface area contributed by atoms with Crippen molar-refractivity contribution in [2.24, 2.45) is 0 Å². The summed E-state index contributed by atoms with van der Waals surface area (Å²) in [5.41, 5.74) is 0.690. The molecule has 1 aliphatic rings. The summed E-state index contributed by atoms with van der Waals surface area (Å²) >= 11 is 0. The maximum Gasteiger partial charge on any atom is 0.337 e. The van der Waals surface area contributed by atoms with Gasteiger partial charge in [0.15, 0.2) is 5.82 Å². The third-order valence-electron chi connectivity index (χ3n) is 3.92. The van der Waals surface area contributed by atoms with Crippen LogP contribution in [0.2, 0.25) is 0 Å². The van der Waals surface area contributed by atoms with Crippen molar-refractivity contribution in [1.29, 1.82) is 0 Å². The predicted molar refractivity (Wildman–Crippen MR) is 89.9 cm³/mol. The zero-order valence-electron chi connectivity index (χ0n) is 14.0. The molecule has 0 unspecified atom stereocenters. The van der Waals surface area contributed by atoms with Crippen molar-refractivity contribution >= 4 is 17.6 Å². The highest BCUT2D eigenvalue weighted by Crippen LogP contribution is 2.24. The highest BCUT2D eigenvalue weighted by molar-refractivity contribution is 6.08. The van der Waals surface area contributed by atoms with E-state index in [0.717, 1.165) is 0 Å². The first-order valence-corrected chi connectivity index (χ1v) is 7.83. The number of esters is 1. The minimum Gasteiger partial charge on any atom is -0.466 e. The summed E-state index contributed by atoms with van der Waals surface area (Å²) in [4.78, 5) is 25.7. The summed E-state index contributed by atoms with van der Waals surface area (Å²) in [6.45, 7) is -0.139. The maximum absolute atomic E-state index is 14.4. The first kappa shape index (κ1) is 17.6. The number of hydrogen-bond acceptors (Lipinski definition) is 6. The van der Waals surface area contributed by atoms with Crippen LogP contribution in [0, 0.1) is 5.82 Å². The molecule has 1 aromatic carbocycles. The minimum atomic E-state index is -0.657. The molecule has 1 aliphatic heterocycles. The lowest BCUT2D eigenvalue weighted by atomic mass is 10.2. The molecular weight excluding hydrogens is 343 g/mol. The van der Waals surface area contributed by atoms with E-state index in [-0.39, 0.29) is 36.7 Å². The number of aliphatic hydroxyl groups excluding tert-OH is 1. The van der Waals surface area contributed by atoms with E-state index in [1.54, 1.807) is 18.3 Å². The van der Waals surface area contributed by atoms with E-state index in [4.69, 9.17) is 9.84 Å². The second-order valence-electron chi connectivity index (χ2n) is 5.54. The van der Waals surface area contributed by atoms with E-state index >= 15 is 0 Å². The van der Waals surface area contributed by atoms with Crippen LogP contribution in [-0.4, -0.2) is 58.5 Å². The Kier molecular flexibility index (Phi) is 4.99. The summed E-state index contributed by atoms with van der Waals surface area (Å²) in [5, 5.41) is 15.8. The number of amides is 1. The Morgan fingerprint density at radius 2 is 2.27 bits per heavy atom. The number of halogens is 1. The van der Waals surface area contributed by atoms with E-state index in [9.17, 15) is 14.0 Å². The van der Waals surface area contributed by atoms with Gasteiger partial charge in [0.2, 0.25) is 0 Å². The Bertz CT molecular complexity index is 864. The van der Waals surface area contributed by atoms with Crippen LogP contribution in [0.25, 0.3) is 5.69 Å². The standard InChI is InChI=1S/C17H17FN4O4/c1-26-17(25)12-10-21(7-8-23)16(24)15(12)20-11-3-4-14(13(18)9-11)22-6-2-5-19-22/h2-6,9,20,23H,7-8,10H2,1H3. The quantitative estimate of drug-likeness (QED) is 0.736. The SMILES string of the molecule is COC(=O)C1=C(Nc2ccc(-n3cccn3)c(F)c2)C(=O)N(CCO)C1. The molecule has 0 bridgehead atoms. The largest absolute Gasteiger partial charge is 0.466 e. The molecule has 2 heterocycles. The molecule has 0 aliphatic carbocycles. The van der Waals surface area contributed by atoms with Gasteiger partial charge >= 0.3 is 5.97 Å². The van der Waals surface area contributed by atoms with Gasteiger partial charge < -0.3 is 20.1 Å². The van der Waals surface area contributed by atoms with E-state index < -0.39 is 17.7 Å². The van der Waals surface area contributed by atoms with Gasteiger partial charge in [-0.05, 0) is 24.3 Å². The lowest BCUT2D eigenvalue weighted by Gasteiger charge is -2.15. The second kappa shape index (κ2) is 7.36. The molecule has 9 heteroatoms. The topological polar surface area (TPSA) is 96.7 Å². The molecule has 2 N–H and O–H groups in total. The van der Waals surface area contributed by atoms with Crippen molar-refractivity contribution in [3.63, 3.8) is 0 Å². The van der Waals surface area contributed by atoms with E-state index in [0.29, 0.717) is 5.69 Å². The molecule has 0 radical (unpaired) electrons. The molecule has 3 rings (SSSR count). The number of anilines is 1. The number of nitrogens with zero attached hydrogens (tertiary/aromatic N) is 3. The Morgan fingerprint density at radius 3 is 2.88 bits per heavy atom. The van der Waals surface area contributed by atoms with Crippen LogP contribution < -0.4 is 5.32 Å². The van der Waals surface area contributed by atoms with Gasteiger partial charge in [0.1, 0.15) is 11.4 Å². The Hall–Kier alpha value is -3.20. The van der Waals surface area contributed by atoms with Gasteiger partial charge in [0.25, 0.3) is 5.91 Å². The summed E-state index contributed by atoms with van der Waals surface area (Å²) in [6, 6.07) is 5.96. The van der Waals surface area contributed by atoms with Gasteiger partial charge in [-0.2, -0.15) is 5.10 Å². The lowest BCUT2D eigenvalue weighted by Crippen LogP contribution is -2.31. The zero-order chi connectivity index (χ0) is 18.7. The van der Waals surface area contributed by atoms with Crippen LogP contribution in [0.5, 0.6) is 0 Å².